The van der Waals surface area contributed by atoms with Crippen LogP contribution in [0.25, 0.3) is 0 Å². The fourth-order valence-corrected chi connectivity index (χ4v) is 1.77. The molecule has 0 bridgehead atoms. The summed E-state index contributed by atoms with van der Waals surface area (Å²) < 4.78 is 5.71. The van der Waals surface area contributed by atoms with E-state index in [1.54, 1.807) is 38.1 Å². The maximum Gasteiger partial charge on any atom is 0.264 e. The second kappa shape index (κ2) is 6.46. The molecule has 0 aliphatic carbocycles. The monoisotopic (exact) mass is 299 g/mol. The second-order valence-electron chi connectivity index (χ2n) is 5.88. The van der Waals surface area contributed by atoms with Crippen molar-refractivity contribution >= 4 is 17.5 Å². The molecule has 0 saturated carbocycles. The normalized spacial score (nSPS) is 12.1. The van der Waals surface area contributed by atoms with E-state index in [0.717, 1.165) is 0 Å². The fraction of sp³-hybridized carbons (Fsp3) is 0.533. The predicted octanol–water partition coefficient (Wildman–Crippen LogP) is 2.77. The van der Waals surface area contributed by atoms with E-state index in [-0.39, 0.29) is 12.5 Å². The summed E-state index contributed by atoms with van der Waals surface area (Å²) in [5.74, 6) is 0.348. The molecule has 0 radical (unpaired) electrons. The first-order valence-electron chi connectivity index (χ1n) is 6.54. The van der Waals surface area contributed by atoms with Crippen molar-refractivity contribution < 1.29 is 14.6 Å². The molecule has 112 valence electrons. The minimum Gasteiger partial charge on any atom is -0.478 e. The van der Waals surface area contributed by atoms with Gasteiger partial charge in [0.2, 0.25) is 0 Å². The van der Waals surface area contributed by atoms with Gasteiger partial charge in [0, 0.05) is 17.2 Å². The van der Waals surface area contributed by atoms with Crippen molar-refractivity contribution in [2.75, 3.05) is 6.61 Å². The van der Waals surface area contributed by atoms with Gasteiger partial charge in [0.05, 0.1) is 0 Å². The van der Waals surface area contributed by atoms with Crippen LogP contribution in [0.1, 0.15) is 34.1 Å². The Morgan fingerprint density at radius 1 is 1.25 bits per heavy atom. The first-order valence-corrected chi connectivity index (χ1v) is 6.92. The zero-order chi connectivity index (χ0) is 15.4. The Morgan fingerprint density at radius 2 is 1.80 bits per heavy atom. The van der Waals surface area contributed by atoms with E-state index in [2.05, 4.69) is 5.32 Å². The second-order valence-corrected chi connectivity index (χ2v) is 6.31. The SMILES string of the molecule is CC(C)(CCO)NC(=O)C(C)(C)Oc1ccc(Cl)cc1. The molecule has 0 fully saturated rings. The standard InChI is InChI=1S/C15H22ClNO3/c1-14(2,9-10-18)17-13(19)15(3,4)20-12-7-5-11(16)6-8-12/h5-8,18H,9-10H2,1-4H3,(H,17,19). The van der Waals surface area contributed by atoms with Crippen LogP contribution < -0.4 is 10.1 Å². The van der Waals surface area contributed by atoms with Gasteiger partial charge in [-0.2, -0.15) is 0 Å². The molecule has 20 heavy (non-hydrogen) atoms. The zero-order valence-corrected chi connectivity index (χ0v) is 13.1. The number of rotatable bonds is 6. The number of aliphatic hydroxyl groups excluding tert-OH is 1. The molecule has 5 heteroatoms. The number of hydrogen-bond acceptors (Lipinski definition) is 3. The van der Waals surface area contributed by atoms with Crippen LogP contribution in [0.3, 0.4) is 0 Å². The summed E-state index contributed by atoms with van der Waals surface area (Å²) >= 11 is 5.81. The molecule has 0 aliphatic rings. The minimum absolute atomic E-state index is 0.0196. The van der Waals surface area contributed by atoms with Gasteiger partial charge < -0.3 is 15.2 Å². The summed E-state index contributed by atoms with van der Waals surface area (Å²) in [4.78, 5) is 12.3. The largest absolute Gasteiger partial charge is 0.478 e. The van der Waals surface area contributed by atoms with Crippen LogP contribution in [0.4, 0.5) is 0 Å². The van der Waals surface area contributed by atoms with Gasteiger partial charge in [-0.05, 0) is 58.4 Å². The van der Waals surface area contributed by atoms with Crippen LogP contribution in [0.15, 0.2) is 24.3 Å². The Labute approximate surface area is 125 Å². The number of benzene rings is 1. The van der Waals surface area contributed by atoms with Crippen LogP contribution >= 0.6 is 11.6 Å². The Bertz CT molecular complexity index is 455. The van der Waals surface area contributed by atoms with Crippen LogP contribution in [0.5, 0.6) is 5.75 Å². The Balaban J connectivity index is 2.72. The average molecular weight is 300 g/mol. The summed E-state index contributed by atoms with van der Waals surface area (Å²) in [5.41, 5.74) is -1.49. The molecule has 1 aromatic rings. The van der Waals surface area contributed by atoms with Crippen molar-refractivity contribution in [3.8, 4) is 5.75 Å². The number of aliphatic hydroxyl groups is 1. The van der Waals surface area contributed by atoms with Gasteiger partial charge in [-0.25, -0.2) is 0 Å². The van der Waals surface area contributed by atoms with Gasteiger partial charge in [0.15, 0.2) is 5.60 Å². The van der Waals surface area contributed by atoms with E-state index in [4.69, 9.17) is 21.4 Å². The highest BCUT2D eigenvalue weighted by molar-refractivity contribution is 6.30. The number of ether oxygens (including phenoxy) is 1. The molecule has 1 amide bonds. The number of halogens is 1. The Hall–Kier alpha value is -1.26. The summed E-state index contributed by atoms with van der Waals surface area (Å²) in [6, 6.07) is 6.85. The quantitative estimate of drug-likeness (QED) is 0.849. The number of hydrogen-bond donors (Lipinski definition) is 2. The van der Waals surface area contributed by atoms with Gasteiger partial charge in [-0.1, -0.05) is 11.6 Å². The Kier molecular flexibility index (Phi) is 5.42. The summed E-state index contributed by atoms with van der Waals surface area (Å²) in [5, 5.41) is 12.5. The number of nitrogens with one attached hydrogen (secondary N) is 1. The molecule has 2 N–H and O–H groups in total. The molecular weight excluding hydrogens is 278 g/mol. The van der Waals surface area contributed by atoms with Crippen LogP contribution in [-0.2, 0) is 4.79 Å². The predicted molar refractivity (Wildman–Crippen MR) is 80.1 cm³/mol. The lowest BCUT2D eigenvalue weighted by atomic mass is 9.99. The van der Waals surface area contributed by atoms with E-state index in [1.165, 1.54) is 0 Å². The fourth-order valence-electron chi connectivity index (χ4n) is 1.64. The maximum atomic E-state index is 12.3. The third kappa shape index (κ3) is 5.02. The third-order valence-corrected chi connectivity index (χ3v) is 3.17. The van der Waals surface area contributed by atoms with Crippen molar-refractivity contribution in [3.63, 3.8) is 0 Å². The summed E-state index contributed by atoms with van der Waals surface area (Å²) in [6.45, 7) is 7.14. The summed E-state index contributed by atoms with van der Waals surface area (Å²) in [6.07, 6.45) is 0.482. The molecule has 1 aromatic carbocycles. The van der Waals surface area contributed by atoms with Crippen molar-refractivity contribution in [1.29, 1.82) is 0 Å². The minimum atomic E-state index is -1.01. The van der Waals surface area contributed by atoms with Gasteiger partial charge in [-0.3, -0.25) is 4.79 Å². The maximum absolute atomic E-state index is 12.3. The van der Waals surface area contributed by atoms with Gasteiger partial charge in [0.25, 0.3) is 5.91 Å². The summed E-state index contributed by atoms with van der Waals surface area (Å²) in [7, 11) is 0. The molecule has 0 atom stereocenters. The van der Waals surface area contributed by atoms with Crippen LogP contribution in [0.2, 0.25) is 5.02 Å². The smallest absolute Gasteiger partial charge is 0.264 e. The van der Waals surface area contributed by atoms with E-state index >= 15 is 0 Å². The number of carbonyl (C=O) groups excluding carboxylic acids is 1. The van der Waals surface area contributed by atoms with Crippen LogP contribution in [-0.4, -0.2) is 28.8 Å². The van der Waals surface area contributed by atoms with Crippen molar-refractivity contribution in [2.24, 2.45) is 0 Å². The van der Waals surface area contributed by atoms with Crippen molar-refractivity contribution in [2.45, 2.75) is 45.3 Å². The van der Waals surface area contributed by atoms with E-state index < -0.39 is 11.1 Å². The molecular formula is C15H22ClNO3. The number of carbonyl (C=O) groups is 1. The first kappa shape index (κ1) is 16.8. The molecule has 1 rings (SSSR count). The first-order chi connectivity index (χ1) is 9.16. The Morgan fingerprint density at radius 3 is 2.30 bits per heavy atom. The highest BCUT2D eigenvalue weighted by atomic mass is 35.5. The lowest BCUT2D eigenvalue weighted by Gasteiger charge is -2.32. The van der Waals surface area contributed by atoms with Crippen LogP contribution in [0, 0.1) is 0 Å². The molecule has 4 nitrogen and oxygen atoms in total. The van der Waals surface area contributed by atoms with Gasteiger partial charge >= 0.3 is 0 Å². The topological polar surface area (TPSA) is 58.6 Å². The van der Waals surface area contributed by atoms with Crippen molar-refractivity contribution in [3.05, 3.63) is 29.3 Å². The van der Waals surface area contributed by atoms with Gasteiger partial charge in [-0.15, -0.1) is 0 Å². The highest BCUT2D eigenvalue weighted by Gasteiger charge is 2.33. The lowest BCUT2D eigenvalue weighted by Crippen LogP contribution is -2.54. The number of amides is 1. The molecule has 0 spiro atoms. The van der Waals surface area contributed by atoms with E-state index in [1.807, 2.05) is 13.8 Å². The van der Waals surface area contributed by atoms with Gasteiger partial charge in [0.1, 0.15) is 5.75 Å². The highest BCUT2D eigenvalue weighted by Crippen LogP contribution is 2.22. The zero-order valence-electron chi connectivity index (χ0n) is 12.4. The van der Waals surface area contributed by atoms with E-state index in [0.29, 0.717) is 17.2 Å². The molecule has 0 heterocycles. The van der Waals surface area contributed by atoms with Crippen molar-refractivity contribution in [1.82, 2.24) is 5.32 Å². The molecule has 0 unspecified atom stereocenters. The third-order valence-electron chi connectivity index (χ3n) is 2.92. The lowest BCUT2D eigenvalue weighted by molar-refractivity contribution is -0.136. The molecule has 0 aromatic heterocycles. The average Bonchev–Trinajstić information content (AvgIpc) is 2.31. The molecule has 0 aliphatic heterocycles. The van der Waals surface area contributed by atoms with E-state index in [9.17, 15) is 4.79 Å². The molecule has 0 saturated heterocycles.